The quantitative estimate of drug-likeness (QED) is 0.807. The minimum Gasteiger partial charge on any atom is -0.410 e. The minimum absolute atomic E-state index is 0.475. The molecule has 0 unspecified atom stereocenters. The number of rotatable bonds is 2. The van der Waals surface area contributed by atoms with E-state index in [0.717, 1.165) is 15.9 Å². The van der Waals surface area contributed by atoms with Gasteiger partial charge in [-0.1, -0.05) is 35.5 Å². The number of hydrogen-bond acceptors (Lipinski definition) is 2. The summed E-state index contributed by atoms with van der Waals surface area (Å²) in [4.78, 5) is 11.5. The number of ether oxygens (including phenoxy) is 1. The predicted molar refractivity (Wildman–Crippen MR) is 72.1 cm³/mol. The van der Waals surface area contributed by atoms with Crippen LogP contribution in [0.25, 0.3) is 0 Å². The molecule has 0 bridgehead atoms. The van der Waals surface area contributed by atoms with E-state index in [1.54, 1.807) is 12.1 Å². The molecule has 0 aliphatic heterocycles. The van der Waals surface area contributed by atoms with Crippen LogP contribution in [0.4, 0.5) is 10.5 Å². The van der Waals surface area contributed by atoms with Crippen molar-refractivity contribution in [2.45, 2.75) is 0 Å². The first kappa shape index (κ1) is 11.4. The Morgan fingerprint density at radius 2 is 1.65 bits per heavy atom. The molecule has 1 amide bonds. The van der Waals surface area contributed by atoms with E-state index in [1.807, 2.05) is 42.5 Å². The molecule has 0 aliphatic carbocycles. The first-order valence-electron chi connectivity index (χ1n) is 5.34. The van der Waals surface area contributed by atoms with Crippen molar-refractivity contribution in [3.63, 3.8) is 0 Å². The fourth-order valence-electron chi connectivity index (χ4n) is 1.38. The highest BCUT2D eigenvalue weighted by Gasteiger charge is 2.03. The van der Waals surface area contributed by atoms with Crippen molar-refractivity contribution in [2.24, 2.45) is 0 Å². The van der Waals surface area contributed by atoms with E-state index >= 15 is 0 Å². The molecule has 0 aromatic heterocycles. The van der Waals surface area contributed by atoms with Crippen LogP contribution in [0, 0.1) is 0 Å². The maximum absolute atomic E-state index is 11.5. The molecule has 3 nitrogen and oxygen atoms in total. The van der Waals surface area contributed by atoms with Gasteiger partial charge in [0, 0.05) is 15.9 Å². The lowest BCUT2D eigenvalue weighted by Crippen LogP contribution is -2.16. The van der Waals surface area contributed by atoms with Crippen molar-refractivity contribution < 1.29 is 9.53 Å². The van der Waals surface area contributed by atoms with Gasteiger partial charge < -0.3 is 4.74 Å². The summed E-state index contributed by atoms with van der Waals surface area (Å²) in [5.41, 5.74) is 0.719. The van der Waals surface area contributed by atoms with Crippen molar-refractivity contribution in [2.75, 3.05) is 5.32 Å². The molecule has 86 valence electrons. The molecule has 0 saturated heterocycles. The summed E-state index contributed by atoms with van der Waals surface area (Å²) in [7, 11) is 0.995. The summed E-state index contributed by atoms with van der Waals surface area (Å²) < 4.78 is 5.14. The lowest BCUT2D eigenvalue weighted by Gasteiger charge is -2.06. The van der Waals surface area contributed by atoms with Crippen LogP contribution < -0.4 is 15.2 Å². The van der Waals surface area contributed by atoms with E-state index in [9.17, 15) is 4.79 Å². The van der Waals surface area contributed by atoms with Crippen LogP contribution in [0.15, 0.2) is 54.6 Å². The highest BCUT2D eigenvalue weighted by Crippen LogP contribution is 2.10. The van der Waals surface area contributed by atoms with Gasteiger partial charge in [0.05, 0.1) is 0 Å². The predicted octanol–water partition coefficient (Wildman–Crippen LogP) is 1.29. The SMILES string of the molecule is O=C(Nc1ccccc1)Oc1ccc([SiH3])cc1. The van der Waals surface area contributed by atoms with Crippen LogP contribution in [-0.2, 0) is 0 Å². The Labute approximate surface area is 103 Å². The number of anilines is 1. The van der Waals surface area contributed by atoms with Gasteiger partial charge in [0.25, 0.3) is 0 Å². The van der Waals surface area contributed by atoms with E-state index in [-0.39, 0.29) is 0 Å². The molecular weight excluding hydrogens is 230 g/mol. The fourth-order valence-corrected chi connectivity index (χ4v) is 1.71. The Morgan fingerprint density at radius 3 is 2.29 bits per heavy atom. The van der Waals surface area contributed by atoms with Gasteiger partial charge in [0.15, 0.2) is 0 Å². The normalized spacial score (nSPS) is 9.88. The second kappa shape index (κ2) is 5.31. The zero-order valence-corrected chi connectivity index (χ0v) is 11.5. The van der Waals surface area contributed by atoms with Crippen LogP contribution in [0.5, 0.6) is 5.75 Å². The van der Waals surface area contributed by atoms with Gasteiger partial charge in [-0.05, 0) is 24.3 Å². The monoisotopic (exact) mass is 243 g/mol. The molecule has 1 N–H and O–H groups in total. The van der Waals surface area contributed by atoms with Crippen molar-refractivity contribution in [1.82, 2.24) is 0 Å². The number of amides is 1. The van der Waals surface area contributed by atoms with Crippen LogP contribution in [0.2, 0.25) is 0 Å². The lowest BCUT2D eigenvalue weighted by atomic mass is 10.3. The van der Waals surface area contributed by atoms with Crippen molar-refractivity contribution in [3.8, 4) is 5.75 Å². The van der Waals surface area contributed by atoms with Crippen LogP contribution in [0.3, 0.4) is 0 Å². The van der Waals surface area contributed by atoms with Crippen molar-refractivity contribution >= 4 is 27.2 Å². The van der Waals surface area contributed by atoms with Gasteiger partial charge in [0.1, 0.15) is 5.75 Å². The van der Waals surface area contributed by atoms with Crippen LogP contribution >= 0.6 is 0 Å². The fraction of sp³-hybridized carbons (Fsp3) is 0. The van der Waals surface area contributed by atoms with Gasteiger partial charge in [-0.2, -0.15) is 0 Å². The third kappa shape index (κ3) is 3.46. The van der Waals surface area contributed by atoms with E-state index in [1.165, 1.54) is 5.19 Å². The molecule has 2 rings (SSSR count). The average molecular weight is 243 g/mol. The number of hydrogen-bond donors (Lipinski definition) is 1. The van der Waals surface area contributed by atoms with E-state index < -0.39 is 6.09 Å². The maximum Gasteiger partial charge on any atom is 0.417 e. The molecular formula is C13H13NO2Si. The van der Waals surface area contributed by atoms with Crippen LogP contribution in [-0.4, -0.2) is 16.3 Å². The van der Waals surface area contributed by atoms with Crippen molar-refractivity contribution in [1.29, 1.82) is 0 Å². The topological polar surface area (TPSA) is 38.3 Å². The second-order valence-corrected chi connectivity index (χ2v) is 4.85. The van der Waals surface area contributed by atoms with Gasteiger partial charge >= 0.3 is 6.09 Å². The summed E-state index contributed by atoms with van der Waals surface area (Å²) >= 11 is 0. The van der Waals surface area contributed by atoms with E-state index in [4.69, 9.17) is 4.74 Å². The summed E-state index contributed by atoms with van der Waals surface area (Å²) in [6.07, 6.45) is -0.475. The number of para-hydroxylation sites is 1. The van der Waals surface area contributed by atoms with E-state index in [2.05, 4.69) is 5.32 Å². The Morgan fingerprint density at radius 1 is 1.00 bits per heavy atom. The number of benzene rings is 2. The first-order chi connectivity index (χ1) is 8.24. The maximum atomic E-state index is 11.5. The molecule has 2 aromatic rings. The smallest absolute Gasteiger partial charge is 0.410 e. The lowest BCUT2D eigenvalue weighted by molar-refractivity contribution is 0.215. The molecule has 0 spiro atoms. The Kier molecular flexibility index (Phi) is 3.57. The second-order valence-electron chi connectivity index (χ2n) is 3.69. The summed E-state index contributed by atoms with van der Waals surface area (Å²) in [6.45, 7) is 0. The molecule has 0 fully saturated rings. The van der Waals surface area contributed by atoms with Gasteiger partial charge in [-0.15, -0.1) is 0 Å². The summed E-state index contributed by atoms with van der Waals surface area (Å²) in [6, 6.07) is 16.7. The van der Waals surface area contributed by atoms with Gasteiger partial charge in [0.2, 0.25) is 0 Å². The molecule has 4 heteroatoms. The Bertz CT molecular complexity index is 497. The highest BCUT2D eigenvalue weighted by atomic mass is 28.1. The highest BCUT2D eigenvalue weighted by molar-refractivity contribution is 6.32. The molecule has 0 saturated carbocycles. The number of carbonyl (C=O) groups is 1. The van der Waals surface area contributed by atoms with Gasteiger partial charge in [-0.25, -0.2) is 4.79 Å². The Hall–Kier alpha value is -2.07. The molecule has 2 aromatic carbocycles. The number of nitrogens with one attached hydrogen (secondary N) is 1. The van der Waals surface area contributed by atoms with Gasteiger partial charge in [-0.3, -0.25) is 5.32 Å². The molecule has 0 atom stereocenters. The standard InChI is InChI=1S/C13H13NO2Si/c15-13(14-10-4-2-1-3-5-10)16-11-6-8-12(17)9-7-11/h1-9H,17H3,(H,14,15). The third-order valence-electron chi connectivity index (χ3n) is 2.25. The first-order valence-corrected chi connectivity index (χ1v) is 6.34. The van der Waals surface area contributed by atoms with Crippen molar-refractivity contribution in [3.05, 3.63) is 54.6 Å². The van der Waals surface area contributed by atoms with E-state index in [0.29, 0.717) is 5.75 Å². The minimum atomic E-state index is -0.475. The zero-order valence-electron chi connectivity index (χ0n) is 9.51. The Balaban J connectivity index is 1.96. The summed E-state index contributed by atoms with van der Waals surface area (Å²) in [5.74, 6) is 0.554. The zero-order chi connectivity index (χ0) is 12.1. The molecule has 0 heterocycles. The molecule has 0 radical (unpaired) electrons. The largest absolute Gasteiger partial charge is 0.417 e. The molecule has 0 aliphatic rings. The average Bonchev–Trinajstić information content (AvgIpc) is 2.33. The van der Waals surface area contributed by atoms with Crippen LogP contribution in [0.1, 0.15) is 0 Å². The summed E-state index contributed by atoms with van der Waals surface area (Å²) in [5, 5.41) is 3.92. The third-order valence-corrected chi connectivity index (χ3v) is 2.92. The molecule has 17 heavy (non-hydrogen) atoms. The number of carbonyl (C=O) groups excluding carboxylic acids is 1.